The van der Waals surface area contributed by atoms with Crippen LogP contribution in [0.1, 0.15) is 11.4 Å². The molecule has 0 unspecified atom stereocenters. The van der Waals surface area contributed by atoms with Crippen molar-refractivity contribution in [3.63, 3.8) is 0 Å². The molecule has 0 radical (unpaired) electrons. The van der Waals surface area contributed by atoms with Crippen LogP contribution in [0.15, 0.2) is 23.2 Å². The van der Waals surface area contributed by atoms with Crippen LogP contribution in [0.2, 0.25) is 0 Å². The molecule has 1 aromatic carbocycles. The number of primary amides is 1. The molecule has 13 nitrogen and oxygen atoms in total. The number of nitrogens with two attached hydrogens (primary N) is 1. The second-order valence-electron chi connectivity index (χ2n) is 5.62. The van der Waals surface area contributed by atoms with E-state index in [0.29, 0.717) is 0 Å². The van der Waals surface area contributed by atoms with E-state index in [0.717, 1.165) is 10.6 Å². The summed E-state index contributed by atoms with van der Waals surface area (Å²) in [6.07, 6.45) is 0. The smallest absolute Gasteiger partial charge is 0.401 e. The molecule has 0 aliphatic rings. The third-order valence-corrected chi connectivity index (χ3v) is 5.33. The molecule has 2 rings (SSSR count). The Bertz CT molecular complexity index is 1080. The normalized spacial score (nSPS) is 11.2. The van der Waals surface area contributed by atoms with Crippen molar-refractivity contribution in [3.05, 3.63) is 49.8 Å². The number of rotatable bonds is 8. The Hall–Kier alpha value is -3.55. The molecule has 0 spiro atoms. The van der Waals surface area contributed by atoms with Gasteiger partial charge in [-0.1, -0.05) is 6.07 Å². The summed E-state index contributed by atoms with van der Waals surface area (Å²) in [6, 6.07) is 3.89. The van der Waals surface area contributed by atoms with E-state index in [-0.39, 0.29) is 29.4 Å². The number of sulfone groups is 1. The van der Waals surface area contributed by atoms with Crippen molar-refractivity contribution in [3.8, 4) is 5.75 Å². The van der Waals surface area contributed by atoms with Crippen molar-refractivity contribution in [2.75, 3.05) is 12.9 Å². The van der Waals surface area contributed by atoms with E-state index in [1.165, 1.54) is 26.2 Å². The number of nitro groups is 2. The summed E-state index contributed by atoms with van der Waals surface area (Å²) in [5.41, 5.74) is 4.83. The number of imidazole rings is 1. The molecule has 0 aliphatic heterocycles. The minimum Gasteiger partial charge on any atom is -0.490 e. The maximum Gasteiger partial charge on any atom is 0.401 e. The monoisotopic (exact) mass is 413 g/mol. The summed E-state index contributed by atoms with van der Waals surface area (Å²) in [6.45, 7) is 1.04. The van der Waals surface area contributed by atoms with Gasteiger partial charge in [-0.2, -0.15) is 0 Å². The van der Waals surface area contributed by atoms with E-state index < -0.39 is 42.2 Å². The van der Waals surface area contributed by atoms with Gasteiger partial charge < -0.3 is 20.6 Å². The predicted octanol–water partition coefficient (Wildman–Crippen LogP) is 0.324. The highest BCUT2D eigenvalue weighted by atomic mass is 32.2. The van der Waals surface area contributed by atoms with Gasteiger partial charge in [0, 0.05) is 13.0 Å². The Morgan fingerprint density at radius 1 is 1.29 bits per heavy atom. The molecule has 1 heterocycles. The van der Waals surface area contributed by atoms with Gasteiger partial charge in [-0.3, -0.25) is 19.5 Å². The fourth-order valence-corrected chi connectivity index (χ4v) is 4.00. The van der Waals surface area contributed by atoms with Crippen LogP contribution in [-0.4, -0.2) is 46.6 Å². The largest absolute Gasteiger partial charge is 0.490 e. The third kappa shape index (κ3) is 4.06. The third-order valence-electron chi connectivity index (χ3n) is 3.68. The number of aromatic nitrogens is 2. The number of amides is 1. The average Bonchev–Trinajstić information content (AvgIpc) is 2.91. The number of carbonyl (C=O) groups is 1. The van der Waals surface area contributed by atoms with Crippen LogP contribution in [0.25, 0.3) is 0 Å². The Kier molecular flexibility index (Phi) is 5.63. The zero-order valence-electron chi connectivity index (χ0n) is 14.7. The van der Waals surface area contributed by atoms with Crippen molar-refractivity contribution in [2.24, 2.45) is 5.73 Å². The minimum atomic E-state index is -4.48. The van der Waals surface area contributed by atoms with Gasteiger partial charge in [0.2, 0.25) is 26.6 Å². The molecular weight excluding hydrogens is 398 g/mol. The average molecular weight is 413 g/mol. The quantitative estimate of drug-likeness (QED) is 0.469. The second kappa shape index (κ2) is 7.59. The van der Waals surface area contributed by atoms with Crippen LogP contribution in [0.5, 0.6) is 5.75 Å². The number of aryl methyl sites for hydroxylation is 1. The molecule has 150 valence electrons. The van der Waals surface area contributed by atoms with Crippen LogP contribution >= 0.6 is 0 Å². The van der Waals surface area contributed by atoms with Crippen LogP contribution in [0.3, 0.4) is 0 Å². The van der Waals surface area contributed by atoms with Crippen molar-refractivity contribution in [1.82, 2.24) is 9.55 Å². The Morgan fingerprint density at radius 2 is 1.93 bits per heavy atom. The van der Waals surface area contributed by atoms with E-state index >= 15 is 0 Å². The lowest BCUT2D eigenvalue weighted by Crippen LogP contribution is -2.25. The number of benzene rings is 1. The lowest BCUT2D eigenvalue weighted by molar-refractivity contribution is -0.392. The summed E-state index contributed by atoms with van der Waals surface area (Å²) < 4.78 is 30.8. The maximum absolute atomic E-state index is 12.5. The lowest BCUT2D eigenvalue weighted by atomic mass is 10.2. The van der Waals surface area contributed by atoms with E-state index in [2.05, 4.69) is 4.98 Å². The Labute approximate surface area is 157 Å². The second-order valence-corrected chi connectivity index (χ2v) is 7.52. The van der Waals surface area contributed by atoms with Crippen molar-refractivity contribution in [1.29, 1.82) is 0 Å². The Balaban J connectivity index is 2.64. The number of carbonyl (C=O) groups excluding carboxylic acids is 1. The van der Waals surface area contributed by atoms with Gasteiger partial charge in [-0.05, 0) is 21.5 Å². The van der Waals surface area contributed by atoms with Gasteiger partial charge in [-0.15, -0.1) is 0 Å². The Morgan fingerprint density at radius 3 is 2.43 bits per heavy atom. The molecule has 0 saturated carbocycles. The van der Waals surface area contributed by atoms with E-state index in [1.54, 1.807) is 0 Å². The minimum absolute atomic E-state index is 0.0105. The highest BCUT2D eigenvalue weighted by Crippen LogP contribution is 2.30. The fourth-order valence-electron chi connectivity index (χ4n) is 2.56. The zero-order valence-corrected chi connectivity index (χ0v) is 15.5. The number of nitro benzene ring substituents is 1. The standard InChI is InChI=1S/C14H15N5O8S/c1-8-16-13(19(23)24)14(28(25,26)7-12(15)20)17(8)6-9-3-4-11(27-2)10(5-9)18(21)22/h3-5H,6-7H2,1-2H3,(H2,15,20). The van der Waals surface area contributed by atoms with Crippen molar-refractivity contribution < 1.29 is 27.8 Å². The first kappa shape index (κ1) is 20.8. The molecule has 28 heavy (non-hydrogen) atoms. The first-order valence-electron chi connectivity index (χ1n) is 7.51. The molecule has 0 bridgehead atoms. The number of nitrogens with zero attached hydrogens (tertiary/aromatic N) is 4. The van der Waals surface area contributed by atoms with Gasteiger partial charge in [-0.25, -0.2) is 8.42 Å². The number of hydrogen-bond donors (Lipinski definition) is 1. The van der Waals surface area contributed by atoms with E-state index in [9.17, 15) is 33.4 Å². The van der Waals surface area contributed by atoms with Crippen molar-refractivity contribution >= 4 is 27.2 Å². The summed E-state index contributed by atoms with van der Waals surface area (Å²) >= 11 is 0. The molecular formula is C14H15N5O8S. The van der Waals surface area contributed by atoms with Crippen molar-refractivity contribution in [2.45, 2.75) is 18.5 Å². The first-order valence-corrected chi connectivity index (χ1v) is 9.17. The number of hydrogen-bond acceptors (Lipinski definition) is 9. The molecule has 14 heteroatoms. The summed E-state index contributed by atoms with van der Waals surface area (Å²) in [5, 5.41) is 21.6. The lowest BCUT2D eigenvalue weighted by Gasteiger charge is -2.10. The van der Waals surface area contributed by atoms with Crippen LogP contribution < -0.4 is 10.5 Å². The molecule has 0 aliphatic carbocycles. The fraction of sp³-hybridized carbons (Fsp3) is 0.286. The van der Waals surface area contributed by atoms with Crippen LogP contribution in [-0.2, 0) is 21.2 Å². The van der Waals surface area contributed by atoms with E-state index in [4.69, 9.17) is 10.5 Å². The van der Waals surface area contributed by atoms with Crippen LogP contribution in [0, 0.1) is 27.2 Å². The molecule has 0 fully saturated rings. The van der Waals surface area contributed by atoms with E-state index in [1.807, 2.05) is 0 Å². The number of ether oxygens (including phenoxy) is 1. The predicted molar refractivity (Wildman–Crippen MR) is 93.6 cm³/mol. The summed E-state index contributed by atoms with van der Waals surface area (Å²) in [7, 11) is -3.23. The maximum atomic E-state index is 12.5. The van der Waals surface area contributed by atoms with Gasteiger partial charge in [0.1, 0.15) is 5.75 Å². The van der Waals surface area contributed by atoms with Crippen LogP contribution in [0.4, 0.5) is 11.5 Å². The molecule has 2 aromatic rings. The van der Waals surface area contributed by atoms with Gasteiger partial charge in [0.05, 0.1) is 18.6 Å². The molecule has 0 saturated heterocycles. The number of methoxy groups -OCH3 is 1. The SMILES string of the molecule is COc1ccc(Cn2c(C)nc([N+](=O)[O-])c2S(=O)(=O)CC(N)=O)cc1[N+](=O)[O-]. The highest BCUT2D eigenvalue weighted by molar-refractivity contribution is 7.92. The van der Waals surface area contributed by atoms with Gasteiger partial charge in [0.25, 0.3) is 0 Å². The zero-order chi connectivity index (χ0) is 21.2. The topological polar surface area (TPSA) is 191 Å². The molecule has 0 atom stereocenters. The first-order chi connectivity index (χ1) is 13.0. The van der Waals surface area contributed by atoms with Gasteiger partial charge >= 0.3 is 11.5 Å². The summed E-state index contributed by atoms with van der Waals surface area (Å²) in [4.78, 5) is 35.5. The molecule has 2 N–H and O–H groups in total. The highest BCUT2D eigenvalue weighted by Gasteiger charge is 2.36. The molecule has 1 amide bonds. The van der Waals surface area contributed by atoms with Gasteiger partial charge in [0.15, 0.2) is 5.75 Å². The summed E-state index contributed by atoms with van der Waals surface area (Å²) in [5.74, 6) is -3.35. The molecule has 1 aromatic heterocycles.